The van der Waals surface area contributed by atoms with Gasteiger partial charge in [0.05, 0.1) is 18.3 Å². The largest absolute Gasteiger partial charge is 0.324 e. The molecule has 0 atom stereocenters. The van der Waals surface area contributed by atoms with Crippen LogP contribution < -0.4 is 5.32 Å². The quantitative estimate of drug-likeness (QED) is 0.707. The molecule has 0 saturated heterocycles. The lowest BCUT2D eigenvalue weighted by Gasteiger charge is -2.05. The summed E-state index contributed by atoms with van der Waals surface area (Å²) in [5.74, 6) is 0.485. The molecule has 0 aliphatic carbocycles. The van der Waals surface area contributed by atoms with Gasteiger partial charge >= 0.3 is 0 Å². The number of nitrogens with one attached hydrogen (secondary N) is 1. The van der Waals surface area contributed by atoms with E-state index in [2.05, 4.69) is 24.1 Å². The first-order chi connectivity index (χ1) is 6.16. The highest BCUT2D eigenvalue weighted by Gasteiger charge is 2.18. The zero-order valence-electron chi connectivity index (χ0n) is 7.79. The molecule has 0 fully saturated rings. The minimum atomic E-state index is 0.0673. The van der Waals surface area contributed by atoms with Crippen molar-refractivity contribution in [1.82, 2.24) is 4.98 Å². The normalized spacial score (nSPS) is 14.5. The average molecular weight is 176 g/mol. The van der Waals surface area contributed by atoms with Crippen LogP contribution in [0.15, 0.2) is 12.3 Å². The molecule has 0 spiro atoms. The molecule has 2 heterocycles. The Bertz CT molecular complexity index is 358. The van der Waals surface area contributed by atoms with Crippen LogP contribution in [0.3, 0.4) is 0 Å². The van der Waals surface area contributed by atoms with Gasteiger partial charge in [0.1, 0.15) is 0 Å². The molecule has 3 heteroatoms. The number of carbonyl (C=O) groups excluding carboxylic acids is 1. The second-order valence-corrected chi connectivity index (χ2v) is 3.65. The molecule has 3 nitrogen and oxygen atoms in total. The number of anilines is 1. The van der Waals surface area contributed by atoms with Gasteiger partial charge in [-0.1, -0.05) is 13.8 Å². The van der Waals surface area contributed by atoms with Crippen molar-refractivity contribution in [3.63, 3.8) is 0 Å². The molecular formula is C10H12N2O. The minimum Gasteiger partial charge on any atom is -0.324 e. The van der Waals surface area contributed by atoms with Crippen LogP contribution >= 0.6 is 0 Å². The van der Waals surface area contributed by atoms with Gasteiger partial charge in [0.2, 0.25) is 5.91 Å². The van der Waals surface area contributed by atoms with Gasteiger partial charge in [0.25, 0.3) is 0 Å². The van der Waals surface area contributed by atoms with E-state index in [0.717, 1.165) is 16.9 Å². The molecule has 1 N–H and O–H groups in total. The number of hydrogen-bond donors (Lipinski definition) is 1. The zero-order valence-corrected chi connectivity index (χ0v) is 7.79. The zero-order chi connectivity index (χ0) is 9.42. The predicted molar refractivity (Wildman–Crippen MR) is 50.7 cm³/mol. The summed E-state index contributed by atoms with van der Waals surface area (Å²) in [6, 6.07) is 2.01. The molecule has 1 aliphatic heterocycles. The summed E-state index contributed by atoms with van der Waals surface area (Å²) < 4.78 is 0. The molecule has 1 amide bonds. The van der Waals surface area contributed by atoms with Crippen molar-refractivity contribution in [2.24, 2.45) is 0 Å². The Morgan fingerprint density at radius 2 is 2.31 bits per heavy atom. The fourth-order valence-electron chi connectivity index (χ4n) is 1.46. The van der Waals surface area contributed by atoms with Crippen LogP contribution in [0.1, 0.15) is 31.0 Å². The van der Waals surface area contributed by atoms with Crippen LogP contribution in [0.25, 0.3) is 0 Å². The highest BCUT2D eigenvalue weighted by molar-refractivity contribution is 5.98. The van der Waals surface area contributed by atoms with Crippen LogP contribution in [-0.4, -0.2) is 10.9 Å². The van der Waals surface area contributed by atoms with Crippen molar-refractivity contribution in [2.45, 2.75) is 26.2 Å². The molecule has 68 valence electrons. The average Bonchev–Trinajstić information content (AvgIpc) is 2.42. The SMILES string of the molecule is CC(C)c1cc2c(cn1)NC(=O)C2. The van der Waals surface area contributed by atoms with Crippen molar-refractivity contribution in [1.29, 1.82) is 0 Å². The van der Waals surface area contributed by atoms with Crippen LogP contribution in [0.5, 0.6) is 0 Å². The predicted octanol–water partition coefficient (Wildman–Crippen LogP) is 1.70. The van der Waals surface area contributed by atoms with Crippen molar-refractivity contribution in [2.75, 3.05) is 5.32 Å². The van der Waals surface area contributed by atoms with Gasteiger partial charge < -0.3 is 5.32 Å². The number of carbonyl (C=O) groups is 1. The van der Waals surface area contributed by atoms with Gasteiger partial charge in [-0.15, -0.1) is 0 Å². The molecule has 1 aliphatic rings. The number of fused-ring (bicyclic) bond motifs is 1. The molecule has 1 aromatic heterocycles. The Balaban J connectivity index is 2.40. The Kier molecular flexibility index (Phi) is 1.79. The fourth-order valence-corrected chi connectivity index (χ4v) is 1.46. The van der Waals surface area contributed by atoms with E-state index in [9.17, 15) is 4.79 Å². The summed E-state index contributed by atoms with van der Waals surface area (Å²) in [5.41, 5.74) is 2.99. The summed E-state index contributed by atoms with van der Waals surface area (Å²) in [4.78, 5) is 15.3. The van der Waals surface area contributed by atoms with Crippen molar-refractivity contribution in [3.05, 3.63) is 23.5 Å². The van der Waals surface area contributed by atoms with E-state index in [1.165, 1.54) is 0 Å². The Hall–Kier alpha value is -1.38. The van der Waals surface area contributed by atoms with E-state index in [0.29, 0.717) is 12.3 Å². The monoisotopic (exact) mass is 176 g/mol. The van der Waals surface area contributed by atoms with Gasteiger partial charge in [0, 0.05) is 5.69 Å². The maximum Gasteiger partial charge on any atom is 0.228 e. The van der Waals surface area contributed by atoms with E-state index < -0.39 is 0 Å². The standard InChI is InChI=1S/C10H12N2O/c1-6(2)8-3-7-4-10(13)12-9(7)5-11-8/h3,5-6H,4H2,1-2H3,(H,12,13). The highest BCUT2D eigenvalue weighted by atomic mass is 16.1. The minimum absolute atomic E-state index is 0.0673. The lowest BCUT2D eigenvalue weighted by molar-refractivity contribution is -0.115. The number of aromatic nitrogens is 1. The van der Waals surface area contributed by atoms with Gasteiger partial charge in [-0.25, -0.2) is 0 Å². The summed E-state index contributed by atoms with van der Waals surface area (Å²) in [5, 5.41) is 2.76. The molecule has 0 bridgehead atoms. The van der Waals surface area contributed by atoms with E-state index in [1.807, 2.05) is 6.07 Å². The van der Waals surface area contributed by atoms with Crippen molar-refractivity contribution >= 4 is 11.6 Å². The first kappa shape index (κ1) is 8.23. The lowest BCUT2D eigenvalue weighted by atomic mass is 10.1. The Morgan fingerprint density at radius 1 is 1.54 bits per heavy atom. The van der Waals surface area contributed by atoms with Gasteiger partial charge in [-0.05, 0) is 17.5 Å². The van der Waals surface area contributed by atoms with Gasteiger partial charge in [-0.3, -0.25) is 9.78 Å². The smallest absolute Gasteiger partial charge is 0.228 e. The third-order valence-electron chi connectivity index (χ3n) is 2.23. The van der Waals surface area contributed by atoms with Gasteiger partial charge in [-0.2, -0.15) is 0 Å². The first-order valence-corrected chi connectivity index (χ1v) is 4.45. The summed E-state index contributed by atoms with van der Waals surface area (Å²) in [7, 11) is 0. The number of pyridine rings is 1. The van der Waals surface area contributed by atoms with Crippen molar-refractivity contribution in [3.8, 4) is 0 Å². The summed E-state index contributed by atoms with van der Waals surface area (Å²) in [6.07, 6.45) is 2.24. The molecule has 13 heavy (non-hydrogen) atoms. The first-order valence-electron chi connectivity index (χ1n) is 4.45. The van der Waals surface area contributed by atoms with E-state index in [1.54, 1.807) is 6.20 Å². The van der Waals surface area contributed by atoms with E-state index in [-0.39, 0.29) is 5.91 Å². The lowest BCUT2D eigenvalue weighted by Crippen LogP contribution is -2.03. The number of nitrogens with zero attached hydrogens (tertiary/aromatic N) is 1. The number of rotatable bonds is 1. The maximum absolute atomic E-state index is 11.0. The van der Waals surface area contributed by atoms with Crippen LogP contribution in [-0.2, 0) is 11.2 Å². The molecule has 1 aromatic rings. The molecule has 0 unspecified atom stereocenters. The molecular weight excluding hydrogens is 164 g/mol. The number of amides is 1. The molecule has 0 saturated carbocycles. The van der Waals surface area contributed by atoms with Crippen LogP contribution in [0.2, 0.25) is 0 Å². The second-order valence-electron chi connectivity index (χ2n) is 3.65. The molecule has 2 rings (SSSR count). The van der Waals surface area contributed by atoms with E-state index >= 15 is 0 Å². The Labute approximate surface area is 77.2 Å². The topological polar surface area (TPSA) is 42.0 Å². The van der Waals surface area contributed by atoms with Crippen LogP contribution in [0, 0.1) is 0 Å². The second kappa shape index (κ2) is 2.83. The number of hydrogen-bond acceptors (Lipinski definition) is 2. The maximum atomic E-state index is 11.0. The summed E-state index contributed by atoms with van der Waals surface area (Å²) in [6.45, 7) is 4.19. The third-order valence-corrected chi connectivity index (χ3v) is 2.23. The third kappa shape index (κ3) is 1.41. The van der Waals surface area contributed by atoms with Crippen LogP contribution in [0.4, 0.5) is 5.69 Å². The highest BCUT2D eigenvalue weighted by Crippen LogP contribution is 2.24. The molecule has 0 aromatic carbocycles. The van der Waals surface area contributed by atoms with E-state index in [4.69, 9.17) is 0 Å². The summed E-state index contributed by atoms with van der Waals surface area (Å²) >= 11 is 0. The Morgan fingerprint density at radius 3 is 3.00 bits per heavy atom. The fraction of sp³-hybridized carbons (Fsp3) is 0.400. The van der Waals surface area contributed by atoms with Gasteiger partial charge in [0.15, 0.2) is 0 Å². The van der Waals surface area contributed by atoms with Crippen molar-refractivity contribution < 1.29 is 4.79 Å². The molecule has 0 radical (unpaired) electrons.